The third-order valence-electron chi connectivity index (χ3n) is 3.97. The van der Waals surface area contributed by atoms with Crippen LogP contribution >= 0.6 is 22.9 Å². The second-order valence-corrected chi connectivity index (χ2v) is 7.24. The maximum Gasteiger partial charge on any atom is 0.330 e. The summed E-state index contributed by atoms with van der Waals surface area (Å²) in [5.74, 6) is -0.960. The summed E-state index contributed by atoms with van der Waals surface area (Å²) in [6.45, 7) is 0. The molecule has 0 bridgehead atoms. The second-order valence-electron chi connectivity index (χ2n) is 5.94. The standard InChI is InChI=1S/C20H17ClN2O4S/c1-27-16-7-5-12(6-8-16)18(20(25)26)23-17(24)10-15-11-28-19(22-15)13-3-2-4-14(21)9-13/h2-9,11,18H,10H2,1H3,(H,23,24)(H,25,26). The lowest BCUT2D eigenvalue weighted by Gasteiger charge is -2.15. The summed E-state index contributed by atoms with van der Waals surface area (Å²) in [5, 5.41) is 15.1. The van der Waals surface area contributed by atoms with E-state index in [0.717, 1.165) is 10.6 Å². The van der Waals surface area contributed by atoms with Gasteiger partial charge in [-0.05, 0) is 29.8 Å². The lowest BCUT2D eigenvalue weighted by Crippen LogP contribution is -2.34. The summed E-state index contributed by atoms with van der Waals surface area (Å²) in [5.41, 5.74) is 1.89. The highest BCUT2D eigenvalue weighted by Gasteiger charge is 2.22. The molecule has 144 valence electrons. The summed E-state index contributed by atoms with van der Waals surface area (Å²) in [7, 11) is 1.52. The van der Waals surface area contributed by atoms with Crippen LogP contribution in [-0.2, 0) is 16.0 Å². The molecule has 0 aliphatic carbocycles. The molecule has 6 nitrogen and oxygen atoms in total. The first-order valence-electron chi connectivity index (χ1n) is 8.32. The maximum atomic E-state index is 12.4. The molecule has 3 aromatic rings. The van der Waals surface area contributed by atoms with Gasteiger partial charge in [0.25, 0.3) is 0 Å². The number of hydrogen-bond acceptors (Lipinski definition) is 5. The van der Waals surface area contributed by atoms with Gasteiger partial charge in [0.2, 0.25) is 5.91 Å². The van der Waals surface area contributed by atoms with Crippen molar-refractivity contribution in [2.75, 3.05) is 7.11 Å². The molecule has 0 radical (unpaired) electrons. The number of halogens is 1. The van der Waals surface area contributed by atoms with E-state index in [0.29, 0.717) is 22.0 Å². The Hall–Kier alpha value is -2.90. The average Bonchev–Trinajstić information content (AvgIpc) is 3.14. The number of carbonyl (C=O) groups excluding carboxylic acids is 1. The second kappa shape index (κ2) is 8.86. The van der Waals surface area contributed by atoms with Gasteiger partial charge in [-0.3, -0.25) is 4.79 Å². The van der Waals surface area contributed by atoms with Crippen molar-refractivity contribution in [2.24, 2.45) is 0 Å². The number of carboxylic acid groups (broad SMARTS) is 1. The number of aromatic nitrogens is 1. The van der Waals surface area contributed by atoms with Gasteiger partial charge < -0.3 is 15.2 Å². The lowest BCUT2D eigenvalue weighted by molar-refractivity contribution is -0.142. The number of nitrogens with one attached hydrogen (secondary N) is 1. The number of nitrogens with zero attached hydrogens (tertiary/aromatic N) is 1. The molecule has 0 aliphatic heterocycles. The Kier molecular flexibility index (Phi) is 6.28. The van der Waals surface area contributed by atoms with E-state index in [9.17, 15) is 14.7 Å². The molecule has 2 aromatic carbocycles. The van der Waals surface area contributed by atoms with Crippen molar-refractivity contribution in [1.29, 1.82) is 0 Å². The Morgan fingerprint density at radius 1 is 1.25 bits per heavy atom. The summed E-state index contributed by atoms with van der Waals surface area (Å²) in [6.07, 6.45) is -0.0169. The van der Waals surface area contributed by atoms with E-state index >= 15 is 0 Å². The monoisotopic (exact) mass is 416 g/mol. The van der Waals surface area contributed by atoms with Crippen molar-refractivity contribution in [1.82, 2.24) is 10.3 Å². The van der Waals surface area contributed by atoms with Gasteiger partial charge in [-0.1, -0.05) is 35.9 Å². The minimum absolute atomic E-state index is 0.0169. The number of carbonyl (C=O) groups is 2. The van der Waals surface area contributed by atoms with Gasteiger partial charge in [0.05, 0.1) is 19.2 Å². The molecule has 1 heterocycles. The Morgan fingerprint density at radius 2 is 2.00 bits per heavy atom. The Bertz CT molecular complexity index is 988. The summed E-state index contributed by atoms with van der Waals surface area (Å²) in [6, 6.07) is 12.7. The number of rotatable bonds is 7. The van der Waals surface area contributed by atoms with Crippen LogP contribution in [0.5, 0.6) is 5.75 Å². The normalized spacial score (nSPS) is 11.6. The molecule has 8 heteroatoms. The van der Waals surface area contributed by atoms with Crippen LogP contribution in [0.4, 0.5) is 0 Å². The Labute approximate surface area is 170 Å². The van der Waals surface area contributed by atoms with Crippen molar-refractivity contribution in [3.63, 3.8) is 0 Å². The van der Waals surface area contributed by atoms with E-state index in [-0.39, 0.29) is 6.42 Å². The van der Waals surface area contributed by atoms with Crippen LogP contribution < -0.4 is 10.1 Å². The number of ether oxygens (including phenoxy) is 1. The first kappa shape index (κ1) is 19.9. The molecule has 3 rings (SSSR count). The molecule has 0 saturated carbocycles. The Morgan fingerprint density at radius 3 is 2.64 bits per heavy atom. The molecule has 0 spiro atoms. The van der Waals surface area contributed by atoms with Crippen LogP contribution in [0.15, 0.2) is 53.9 Å². The lowest BCUT2D eigenvalue weighted by atomic mass is 10.1. The van der Waals surface area contributed by atoms with Crippen molar-refractivity contribution >= 4 is 34.8 Å². The number of amides is 1. The zero-order valence-electron chi connectivity index (χ0n) is 14.9. The molecule has 1 aromatic heterocycles. The molecule has 1 amide bonds. The highest BCUT2D eigenvalue weighted by Crippen LogP contribution is 2.26. The SMILES string of the molecule is COc1ccc(C(NC(=O)Cc2csc(-c3cccc(Cl)c3)n2)C(=O)O)cc1. The molecular weight excluding hydrogens is 400 g/mol. The van der Waals surface area contributed by atoms with Gasteiger partial charge in [-0.25, -0.2) is 9.78 Å². The van der Waals surface area contributed by atoms with Crippen LogP contribution in [0.1, 0.15) is 17.3 Å². The van der Waals surface area contributed by atoms with Crippen LogP contribution in [0, 0.1) is 0 Å². The molecule has 0 fully saturated rings. The largest absolute Gasteiger partial charge is 0.497 e. The molecule has 1 atom stereocenters. The summed E-state index contributed by atoms with van der Waals surface area (Å²) in [4.78, 5) is 28.4. The molecule has 1 unspecified atom stereocenters. The van der Waals surface area contributed by atoms with E-state index in [1.165, 1.54) is 18.4 Å². The van der Waals surface area contributed by atoms with Gasteiger partial charge in [0.15, 0.2) is 6.04 Å². The zero-order valence-corrected chi connectivity index (χ0v) is 16.5. The van der Waals surface area contributed by atoms with Gasteiger partial charge in [-0.2, -0.15) is 0 Å². The number of hydrogen-bond donors (Lipinski definition) is 2. The minimum atomic E-state index is -1.15. The van der Waals surface area contributed by atoms with Crippen LogP contribution in [0.3, 0.4) is 0 Å². The van der Waals surface area contributed by atoms with Gasteiger partial charge in [0.1, 0.15) is 10.8 Å². The number of carboxylic acids is 1. The number of methoxy groups -OCH3 is 1. The van der Waals surface area contributed by atoms with Crippen LogP contribution in [0.25, 0.3) is 10.6 Å². The third kappa shape index (κ3) is 4.88. The highest BCUT2D eigenvalue weighted by molar-refractivity contribution is 7.13. The number of benzene rings is 2. The Balaban J connectivity index is 1.69. The molecule has 0 aliphatic rings. The average molecular weight is 417 g/mol. The quantitative estimate of drug-likeness (QED) is 0.608. The number of aliphatic carboxylic acids is 1. The van der Waals surface area contributed by atoms with Crippen LogP contribution in [0.2, 0.25) is 5.02 Å². The smallest absolute Gasteiger partial charge is 0.330 e. The molecular formula is C20H17ClN2O4S. The first-order chi connectivity index (χ1) is 13.5. The van der Waals surface area contributed by atoms with E-state index in [1.807, 2.05) is 12.1 Å². The maximum absolute atomic E-state index is 12.4. The van der Waals surface area contributed by atoms with Gasteiger partial charge in [0, 0.05) is 16.0 Å². The topological polar surface area (TPSA) is 88.5 Å². The third-order valence-corrected chi connectivity index (χ3v) is 5.14. The van der Waals surface area contributed by atoms with Crippen LogP contribution in [-0.4, -0.2) is 29.1 Å². The molecule has 2 N–H and O–H groups in total. The van der Waals surface area contributed by atoms with Crippen molar-refractivity contribution in [3.8, 4) is 16.3 Å². The fourth-order valence-corrected chi connectivity index (χ4v) is 3.61. The van der Waals surface area contributed by atoms with E-state index in [1.54, 1.807) is 41.8 Å². The zero-order chi connectivity index (χ0) is 20.1. The predicted octanol–water partition coefficient (Wildman–Crippen LogP) is 3.96. The first-order valence-corrected chi connectivity index (χ1v) is 9.58. The van der Waals surface area contributed by atoms with Crippen molar-refractivity contribution in [3.05, 3.63) is 70.2 Å². The predicted molar refractivity (Wildman–Crippen MR) is 108 cm³/mol. The van der Waals surface area contributed by atoms with E-state index in [4.69, 9.17) is 16.3 Å². The van der Waals surface area contributed by atoms with E-state index in [2.05, 4.69) is 10.3 Å². The highest BCUT2D eigenvalue weighted by atomic mass is 35.5. The molecule has 28 heavy (non-hydrogen) atoms. The summed E-state index contributed by atoms with van der Waals surface area (Å²) >= 11 is 7.40. The molecule has 0 saturated heterocycles. The van der Waals surface area contributed by atoms with Gasteiger partial charge >= 0.3 is 5.97 Å². The van der Waals surface area contributed by atoms with Gasteiger partial charge in [-0.15, -0.1) is 11.3 Å². The minimum Gasteiger partial charge on any atom is -0.497 e. The van der Waals surface area contributed by atoms with Crippen molar-refractivity contribution < 1.29 is 19.4 Å². The fraction of sp³-hybridized carbons (Fsp3) is 0.150. The van der Waals surface area contributed by atoms with E-state index < -0.39 is 17.9 Å². The number of thiazole rings is 1. The summed E-state index contributed by atoms with van der Waals surface area (Å²) < 4.78 is 5.07. The van der Waals surface area contributed by atoms with Crippen molar-refractivity contribution in [2.45, 2.75) is 12.5 Å². The fourth-order valence-electron chi connectivity index (χ4n) is 2.60.